The first kappa shape index (κ1) is 14.7. The van der Waals surface area contributed by atoms with Gasteiger partial charge in [-0.05, 0) is 63.5 Å². The van der Waals surface area contributed by atoms with E-state index < -0.39 is 5.82 Å². The quantitative estimate of drug-likeness (QED) is 0.541. The summed E-state index contributed by atoms with van der Waals surface area (Å²) in [5, 5.41) is 0. The molecule has 0 aromatic heterocycles. The van der Waals surface area contributed by atoms with Crippen molar-refractivity contribution < 1.29 is 13.5 Å². The van der Waals surface area contributed by atoms with E-state index in [1.807, 2.05) is 18.2 Å². The molecule has 0 aliphatic rings. The molecule has 4 heteroatoms. The Kier molecular flexibility index (Phi) is 4.20. The normalized spacial score (nSPS) is 10.5. The van der Waals surface area contributed by atoms with Gasteiger partial charge in [-0.3, -0.25) is 0 Å². The fourth-order valence-corrected chi connectivity index (χ4v) is 2.30. The van der Waals surface area contributed by atoms with Crippen LogP contribution in [0.25, 0.3) is 11.1 Å². The first-order valence-corrected chi connectivity index (χ1v) is 7.40. The van der Waals surface area contributed by atoms with E-state index in [1.54, 1.807) is 30.3 Å². The number of hydrogen-bond donors (Lipinski definition) is 0. The third kappa shape index (κ3) is 3.17. The molecule has 3 rings (SSSR count). The molecule has 3 aromatic rings. The molecule has 1 nitrogen and oxygen atoms in total. The molecule has 110 valence electrons. The Bertz CT molecular complexity index is 803. The number of hydrogen-bond acceptors (Lipinski definition) is 1. The number of halogens is 3. The third-order valence-electron chi connectivity index (χ3n) is 3.16. The van der Waals surface area contributed by atoms with Gasteiger partial charge in [0.2, 0.25) is 0 Å². The van der Waals surface area contributed by atoms with Crippen molar-refractivity contribution in [2.24, 2.45) is 0 Å². The molecule has 0 bridgehead atoms. The molecule has 0 saturated heterocycles. The molecule has 22 heavy (non-hydrogen) atoms. The summed E-state index contributed by atoms with van der Waals surface area (Å²) in [6.07, 6.45) is 0. The van der Waals surface area contributed by atoms with Gasteiger partial charge in [0.15, 0.2) is 11.6 Å². The molecule has 0 unspecified atom stereocenters. The summed E-state index contributed by atoms with van der Waals surface area (Å²) in [5.41, 5.74) is 1.19. The summed E-state index contributed by atoms with van der Waals surface area (Å²) >= 11 is 3.10. The van der Waals surface area contributed by atoms with E-state index in [-0.39, 0.29) is 11.6 Å². The fraction of sp³-hybridized carbons (Fsp3) is 0. The highest BCUT2D eigenvalue weighted by molar-refractivity contribution is 9.10. The Hall–Kier alpha value is -2.20. The van der Waals surface area contributed by atoms with Crippen LogP contribution in [-0.2, 0) is 0 Å². The van der Waals surface area contributed by atoms with Crippen LogP contribution in [0.2, 0.25) is 0 Å². The number of para-hydroxylation sites is 1. The molecular formula is C18H11BrF2O. The molecule has 0 aliphatic heterocycles. The molecule has 0 fully saturated rings. The second-order valence-corrected chi connectivity index (χ2v) is 5.54. The van der Waals surface area contributed by atoms with E-state index in [0.29, 0.717) is 21.3 Å². The van der Waals surface area contributed by atoms with Gasteiger partial charge in [-0.15, -0.1) is 0 Å². The zero-order valence-electron chi connectivity index (χ0n) is 11.4. The van der Waals surface area contributed by atoms with Crippen molar-refractivity contribution in [3.05, 3.63) is 82.8 Å². The van der Waals surface area contributed by atoms with Crippen LogP contribution in [0.1, 0.15) is 0 Å². The molecule has 0 saturated carbocycles. The summed E-state index contributed by atoms with van der Waals surface area (Å²) in [5.74, 6) is -0.191. The van der Waals surface area contributed by atoms with E-state index >= 15 is 0 Å². The minimum atomic E-state index is -0.496. The van der Waals surface area contributed by atoms with Gasteiger partial charge in [0.1, 0.15) is 11.6 Å². The van der Waals surface area contributed by atoms with Gasteiger partial charge in [-0.25, -0.2) is 8.78 Å². The first-order chi connectivity index (χ1) is 10.6. The summed E-state index contributed by atoms with van der Waals surface area (Å²) in [6, 6.07) is 18.2. The Balaban J connectivity index is 1.90. The molecule has 0 heterocycles. The van der Waals surface area contributed by atoms with Gasteiger partial charge >= 0.3 is 0 Å². The standard InChI is InChI=1S/C18H11BrF2O/c19-15-8-6-12(10-16(15)20)13-7-9-18(17(21)11-13)22-14-4-2-1-3-5-14/h1-11H. The highest BCUT2D eigenvalue weighted by Crippen LogP contribution is 2.30. The number of rotatable bonds is 3. The Labute approximate surface area is 135 Å². The van der Waals surface area contributed by atoms with Crippen LogP contribution < -0.4 is 4.74 Å². The van der Waals surface area contributed by atoms with Crippen LogP contribution in [0.3, 0.4) is 0 Å². The monoisotopic (exact) mass is 360 g/mol. The van der Waals surface area contributed by atoms with Crippen LogP contribution >= 0.6 is 15.9 Å². The maximum absolute atomic E-state index is 14.2. The van der Waals surface area contributed by atoms with Gasteiger partial charge in [0, 0.05) is 0 Å². The highest BCUT2D eigenvalue weighted by atomic mass is 79.9. The zero-order valence-corrected chi connectivity index (χ0v) is 13.0. The minimum Gasteiger partial charge on any atom is -0.454 e. The maximum atomic E-state index is 14.2. The molecule has 0 spiro atoms. The lowest BCUT2D eigenvalue weighted by atomic mass is 10.1. The van der Waals surface area contributed by atoms with Crippen LogP contribution in [-0.4, -0.2) is 0 Å². The average Bonchev–Trinajstić information content (AvgIpc) is 2.53. The Morgan fingerprint density at radius 1 is 0.727 bits per heavy atom. The number of ether oxygens (including phenoxy) is 1. The number of benzene rings is 3. The van der Waals surface area contributed by atoms with Gasteiger partial charge in [0.25, 0.3) is 0 Å². The lowest BCUT2D eigenvalue weighted by Gasteiger charge is -2.09. The molecule has 3 aromatic carbocycles. The van der Waals surface area contributed by atoms with E-state index in [1.165, 1.54) is 18.2 Å². The van der Waals surface area contributed by atoms with Crippen LogP contribution in [0, 0.1) is 11.6 Å². The summed E-state index contributed by atoms with van der Waals surface area (Å²) < 4.78 is 33.6. The topological polar surface area (TPSA) is 9.23 Å². The van der Waals surface area contributed by atoms with Crippen molar-refractivity contribution in [3.63, 3.8) is 0 Å². The first-order valence-electron chi connectivity index (χ1n) is 6.61. The fourth-order valence-electron chi connectivity index (χ4n) is 2.05. The zero-order chi connectivity index (χ0) is 15.5. The predicted octanol–water partition coefficient (Wildman–Crippen LogP) is 6.19. The van der Waals surface area contributed by atoms with Crippen molar-refractivity contribution >= 4 is 15.9 Å². The van der Waals surface area contributed by atoms with E-state index in [2.05, 4.69) is 15.9 Å². The maximum Gasteiger partial charge on any atom is 0.166 e. The molecular weight excluding hydrogens is 350 g/mol. The largest absolute Gasteiger partial charge is 0.454 e. The lowest BCUT2D eigenvalue weighted by molar-refractivity contribution is 0.442. The van der Waals surface area contributed by atoms with Crippen LogP contribution in [0.15, 0.2) is 71.2 Å². The molecule has 0 amide bonds. The molecule has 0 atom stereocenters. The smallest absolute Gasteiger partial charge is 0.166 e. The third-order valence-corrected chi connectivity index (χ3v) is 3.80. The summed E-state index contributed by atoms with van der Waals surface area (Å²) in [4.78, 5) is 0. The second-order valence-electron chi connectivity index (χ2n) is 4.69. The highest BCUT2D eigenvalue weighted by Gasteiger charge is 2.09. The SMILES string of the molecule is Fc1cc(-c2ccc(Oc3ccccc3)c(F)c2)ccc1Br. The molecule has 0 radical (unpaired) electrons. The van der Waals surface area contributed by atoms with Crippen molar-refractivity contribution in [3.8, 4) is 22.6 Å². The Morgan fingerprint density at radius 2 is 1.36 bits per heavy atom. The van der Waals surface area contributed by atoms with Gasteiger partial charge in [0.05, 0.1) is 4.47 Å². The average molecular weight is 361 g/mol. The van der Waals surface area contributed by atoms with E-state index in [0.717, 1.165) is 0 Å². The van der Waals surface area contributed by atoms with Crippen LogP contribution in [0.5, 0.6) is 11.5 Å². The van der Waals surface area contributed by atoms with Crippen molar-refractivity contribution in [1.29, 1.82) is 0 Å². The van der Waals surface area contributed by atoms with Crippen molar-refractivity contribution in [2.45, 2.75) is 0 Å². The van der Waals surface area contributed by atoms with E-state index in [4.69, 9.17) is 4.74 Å². The Morgan fingerprint density at radius 3 is 2.00 bits per heavy atom. The summed E-state index contributed by atoms with van der Waals surface area (Å²) in [7, 11) is 0. The predicted molar refractivity (Wildman–Crippen MR) is 86.0 cm³/mol. The molecule has 0 aliphatic carbocycles. The van der Waals surface area contributed by atoms with Crippen LogP contribution in [0.4, 0.5) is 8.78 Å². The summed E-state index contributed by atoms with van der Waals surface area (Å²) in [6.45, 7) is 0. The van der Waals surface area contributed by atoms with Crippen molar-refractivity contribution in [2.75, 3.05) is 0 Å². The second kappa shape index (κ2) is 6.28. The molecule has 0 N–H and O–H groups in total. The van der Waals surface area contributed by atoms with E-state index in [9.17, 15) is 8.78 Å². The van der Waals surface area contributed by atoms with Crippen molar-refractivity contribution in [1.82, 2.24) is 0 Å². The minimum absolute atomic E-state index is 0.132. The van der Waals surface area contributed by atoms with Gasteiger partial charge in [-0.1, -0.05) is 30.3 Å². The lowest BCUT2D eigenvalue weighted by Crippen LogP contribution is -1.89. The van der Waals surface area contributed by atoms with Gasteiger partial charge in [-0.2, -0.15) is 0 Å². The van der Waals surface area contributed by atoms with Gasteiger partial charge < -0.3 is 4.74 Å².